The average molecular weight is 489 g/mol. The fourth-order valence-corrected chi connectivity index (χ4v) is 3.92. The van der Waals surface area contributed by atoms with Crippen molar-refractivity contribution in [2.75, 3.05) is 11.9 Å². The summed E-state index contributed by atoms with van der Waals surface area (Å²) >= 11 is 18.3. The Kier molecular flexibility index (Phi) is 6.42. The quantitative estimate of drug-likeness (QED) is 0.337. The summed E-state index contributed by atoms with van der Waals surface area (Å²) < 4.78 is 11.6. The van der Waals surface area contributed by atoms with Crippen LogP contribution in [0.2, 0.25) is 15.1 Å². The van der Waals surface area contributed by atoms with Crippen molar-refractivity contribution in [3.8, 4) is 17.1 Å². The minimum absolute atomic E-state index is 0.115. The van der Waals surface area contributed by atoms with Crippen LogP contribution in [0, 0.1) is 6.92 Å². The Hall–Kier alpha value is -2.99. The highest BCUT2D eigenvalue weighted by molar-refractivity contribution is 6.36. The molecule has 0 aliphatic rings. The van der Waals surface area contributed by atoms with E-state index in [-0.39, 0.29) is 16.5 Å². The third kappa shape index (κ3) is 4.60. The number of halogens is 3. The predicted octanol–water partition coefficient (Wildman–Crippen LogP) is 6.75. The molecule has 0 bridgehead atoms. The fourth-order valence-electron chi connectivity index (χ4n) is 3.20. The van der Waals surface area contributed by atoms with Crippen LogP contribution in [0.25, 0.3) is 22.3 Å². The molecule has 0 saturated carbocycles. The Morgan fingerprint density at radius 3 is 2.47 bits per heavy atom. The van der Waals surface area contributed by atoms with Gasteiger partial charge in [0.05, 0.1) is 10.4 Å². The molecule has 0 atom stereocenters. The van der Waals surface area contributed by atoms with Gasteiger partial charge in [-0.15, -0.1) is 0 Å². The topological polar surface area (TPSA) is 68.5 Å². The normalized spacial score (nSPS) is 10.9. The summed E-state index contributed by atoms with van der Waals surface area (Å²) in [4.78, 5) is 25.7. The molecule has 0 aliphatic heterocycles. The lowest BCUT2D eigenvalue weighted by atomic mass is 10.1. The molecule has 1 N–H and O–H groups in total. The van der Waals surface area contributed by atoms with Crippen molar-refractivity contribution >= 4 is 57.4 Å². The predicted molar refractivity (Wildman–Crippen MR) is 128 cm³/mol. The number of para-hydroxylation sites is 1. The number of carbonyl (C=O) groups is 1. The lowest BCUT2D eigenvalue weighted by Crippen LogP contribution is -2.23. The monoisotopic (exact) mass is 487 g/mol. The SMILES string of the molecule is Cc1cc(Cl)ccc1NC(=O)COc1c(-c2ccc(Cl)cc2Cl)oc2ccccc2c1=O. The summed E-state index contributed by atoms with van der Waals surface area (Å²) in [6.45, 7) is 1.41. The van der Waals surface area contributed by atoms with Gasteiger partial charge in [-0.3, -0.25) is 9.59 Å². The van der Waals surface area contributed by atoms with E-state index in [1.54, 1.807) is 54.6 Å². The molecular weight excluding hydrogens is 473 g/mol. The van der Waals surface area contributed by atoms with Crippen molar-refractivity contribution in [1.29, 1.82) is 0 Å². The molecule has 32 heavy (non-hydrogen) atoms. The van der Waals surface area contributed by atoms with Crippen molar-refractivity contribution in [2.45, 2.75) is 6.92 Å². The number of hydrogen-bond donors (Lipinski definition) is 1. The summed E-state index contributed by atoms with van der Waals surface area (Å²) in [5.74, 6) is -0.446. The Labute approximate surface area is 198 Å². The van der Waals surface area contributed by atoms with Crippen LogP contribution in [0.15, 0.2) is 69.9 Å². The van der Waals surface area contributed by atoms with Gasteiger partial charge >= 0.3 is 0 Å². The van der Waals surface area contributed by atoms with Crippen LogP contribution in [-0.4, -0.2) is 12.5 Å². The van der Waals surface area contributed by atoms with Gasteiger partial charge < -0.3 is 14.5 Å². The minimum Gasteiger partial charge on any atom is -0.476 e. The highest BCUT2D eigenvalue weighted by Crippen LogP contribution is 2.36. The van der Waals surface area contributed by atoms with Gasteiger partial charge in [0.25, 0.3) is 5.91 Å². The van der Waals surface area contributed by atoms with Gasteiger partial charge in [-0.25, -0.2) is 0 Å². The lowest BCUT2D eigenvalue weighted by molar-refractivity contribution is -0.118. The maximum atomic E-state index is 13.2. The summed E-state index contributed by atoms with van der Waals surface area (Å²) in [6, 6.07) is 16.6. The molecule has 4 aromatic rings. The number of amides is 1. The number of fused-ring (bicyclic) bond motifs is 1. The van der Waals surface area contributed by atoms with Crippen LogP contribution in [0.5, 0.6) is 5.75 Å². The second-order valence-corrected chi connectivity index (χ2v) is 8.29. The zero-order valence-electron chi connectivity index (χ0n) is 16.7. The second-order valence-electron chi connectivity index (χ2n) is 7.01. The lowest BCUT2D eigenvalue weighted by Gasteiger charge is -2.13. The first-order valence-electron chi connectivity index (χ1n) is 9.53. The molecule has 5 nitrogen and oxygen atoms in total. The number of rotatable bonds is 5. The van der Waals surface area contributed by atoms with Crippen LogP contribution in [0.3, 0.4) is 0 Å². The van der Waals surface area contributed by atoms with E-state index < -0.39 is 17.9 Å². The summed E-state index contributed by atoms with van der Waals surface area (Å²) in [6.07, 6.45) is 0. The van der Waals surface area contributed by atoms with E-state index >= 15 is 0 Å². The molecular formula is C24H16Cl3NO4. The maximum Gasteiger partial charge on any atom is 0.262 e. The number of anilines is 1. The van der Waals surface area contributed by atoms with Crippen molar-refractivity contribution < 1.29 is 13.9 Å². The zero-order chi connectivity index (χ0) is 22.8. The molecule has 1 amide bonds. The molecule has 162 valence electrons. The highest BCUT2D eigenvalue weighted by atomic mass is 35.5. The molecule has 0 unspecified atom stereocenters. The van der Waals surface area contributed by atoms with Crippen molar-refractivity contribution in [3.05, 3.63) is 91.5 Å². The first-order chi connectivity index (χ1) is 15.3. The Bertz CT molecular complexity index is 1400. The Morgan fingerprint density at radius 2 is 1.72 bits per heavy atom. The van der Waals surface area contributed by atoms with Crippen molar-refractivity contribution in [3.63, 3.8) is 0 Å². The standard InChI is InChI=1S/C24H16Cl3NO4/c1-13-10-14(25)7-9-19(13)28-21(29)12-31-24-22(30)17-4-2-3-5-20(17)32-23(24)16-8-6-15(26)11-18(16)27/h2-11H,12H2,1H3,(H,28,29). The molecule has 1 aromatic heterocycles. The maximum absolute atomic E-state index is 13.2. The molecule has 1 heterocycles. The number of carbonyl (C=O) groups excluding carboxylic acids is 1. The number of benzene rings is 3. The van der Waals surface area contributed by atoms with E-state index in [0.717, 1.165) is 5.56 Å². The molecule has 0 aliphatic carbocycles. The molecule has 8 heteroatoms. The van der Waals surface area contributed by atoms with E-state index in [9.17, 15) is 9.59 Å². The van der Waals surface area contributed by atoms with E-state index in [2.05, 4.69) is 5.32 Å². The highest BCUT2D eigenvalue weighted by Gasteiger charge is 2.21. The third-order valence-electron chi connectivity index (χ3n) is 4.74. The first kappa shape index (κ1) is 22.2. The van der Waals surface area contributed by atoms with Gasteiger partial charge in [0.15, 0.2) is 12.4 Å². The van der Waals surface area contributed by atoms with Gasteiger partial charge in [-0.1, -0.05) is 46.9 Å². The minimum atomic E-state index is -0.448. The van der Waals surface area contributed by atoms with Gasteiger partial charge in [0, 0.05) is 21.3 Å². The van der Waals surface area contributed by atoms with Gasteiger partial charge in [-0.05, 0) is 61.0 Å². The van der Waals surface area contributed by atoms with Crippen LogP contribution >= 0.6 is 34.8 Å². The van der Waals surface area contributed by atoms with E-state index in [1.165, 1.54) is 6.07 Å². The smallest absolute Gasteiger partial charge is 0.262 e. The Balaban J connectivity index is 1.70. The van der Waals surface area contributed by atoms with Crippen molar-refractivity contribution in [2.24, 2.45) is 0 Å². The fraction of sp³-hybridized carbons (Fsp3) is 0.0833. The van der Waals surface area contributed by atoms with Crippen LogP contribution in [0.4, 0.5) is 5.69 Å². The molecule has 0 spiro atoms. The Morgan fingerprint density at radius 1 is 1.00 bits per heavy atom. The van der Waals surface area contributed by atoms with Crippen LogP contribution in [-0.2, 0) is 4.79 Å². The van der Waals surface area contributed by atoms with E-state index in [0.29, 0.717) is 32.3 Å². The number of hydrogen-bond acceptors (Lipinski definition) is 4. The van der Waals surface area contributed by atoms with Crippen molar-refractivity contribution in [1.82, 2.24) is 0 Å². The van der Waals surface area contributed by atoms with Gasteiger partial charge in [0.1, 0.15) is 5.58 Å². The van der Waals surface area contributed by atoms with Crippen LogP contribution < -0.4 is 15.5 Å². The number of ether oxygens (including phenoxy) is 1. The molecule has 0 saturated heterocycles. The molecule has 3 aromatic carbocycles. The number of nitrogens with one attached hydrogen (secondary N) is 1. The van der Waals surface area contributed by atoms with E-state index in [1.807, 2.05) is 6.92 Å². The van der Waals surface area contributed by atoms with Gasteiger partial charge in [0.2, 0.25) is 11.2 Å². The third-order valence-corrected chi connectivity index (χ3v) is 5.52. The average Bonchev–Trinajstić information content (AvgIpc) is 2.75. The zero-order valence-corrected chi connectivity index (χ0v) is 19.0. The number of aryl methyl sites for hydroxylation is 1. The van der Waals surface area contributed by atoms with Gasteiger partial charge in [-0.2, -0.15) is 0 Å². The molecule has 4 rings (SSSR count). The summed E-state index contributed by atoms with van der Waals surface area (Å²) in [7, 11) is 0. The van der Waals surface area contributed by atoms with Crippen LogP contribution in [0.1, 0.15) is 5.56 Å². The largest absolute Gasteiger partial charge is 0.476 e. The molecule has 0 fully saturated rings. The summed E-state index contributed by atoms with van der Waals surface area (Å²) in [5.41, 5.74) is 1.76. The summed E-state index contributed by atoms with van der Waals surface area (Å²) in [5, 5.41) is 4.34. The molecule has 0 radical (unpaired) electrons. The first-order valence-corrected chi connectivity index (χ1v) is 10.7. The second kappa shape index (κ2) is 9.25. The van der Waals surface area contributed by atoms with E-state index in [4.69, 9.17) is 44.0 Å².